The van der Waals surface area contributed by atoms with Gasteiger partial charge < -0.3 is 4.74 Å². The zero-order chi connectivity index (χ0) is 17.7. The minimum absolute atomic E-state index is 0.316. The standard InChI is InChI=1S/C20H29NO3S/c1-3-14-4-6-19(7-5-14)25(22,23)21-13-20(24-2)17-9-15-8-16(11-17)12-18(20)10-15/h4-7,15-18,21H,3,8-13H2,1-2H3. The molecule has 4 saturated carbocycles. The fourth-order valence-electron chi connectivity index (χ4n) is 5.87. The topological polar surface area (TPSA) is 55.4 Å². The van der Waals surface area contributed by atoms with Gasteiger partial charge in [-0.2, -0.15) is 0 Å². The summed E-state index contributed by atoms with van der Waals surface area (Å²) < 4.78 is 34.5. The van der Waals surface area contributed by atoms with E-state index in [0.29, 0.717) is 23.3 Å². The highest BCUT2D eigenvalue weighted by molar-refractivity contribution is 7.89. The molecule has 5 heteroatoms. The molecule has 0 unspecified atom stereocenters. The summed E-state index contributed by atoms with van der Waals surface area (Å²) in [4.78, 5) is 0.347. The zero-order valence-corrected chi connectivity index (χ0v) is 16.0. The minimum Gasteiger partial charge on any atom is -0.376 e. The lowest BCUT2D eigenvalue weighted by Gasteiger charge is -2.60. The van der Waals surface area contributed by atoms with Crippen molar-refractivity contribution in [3.05, 3.63) is 29.8 Å². The van der Waals surface area contributed by atoms with Crippen molar-refractivity contribution in [2.75, 3.05) is 13.7 Å². The van der Waals surface area contributed by atoms with Gasteiger partial charge in [-0.25, -0.2) is 13.1 Å². The Hall–Kier alpha value is -0.910. The number of hydrogen-bond donors (Lipinski definition) is 1. The second-order valence-electron chi connectivity index (χ2n) is 8.29. The molecule has 5 rings (SSSR count). The van der Waals surface area contributed by atoms with E-state index in [1.807, 2.05) is 12.1 Å². The predicted molar refractivity (Wildman–Crippen MR) is 97.8 cm³/mol. The van der Waals surface area contributed by atoms with Gasteiger partial charge in [0.2, 0.25) is 10.0 Å². The van der Waals surface area contributed by atoms with E-state index in [2.05, 4.69) is 11.6 Å². The molecule has 138 valence electrons. The molecule has 4 bridgehead atoms. The van der Waals surface area contributed by atoms with Gasteiger partial charge in [0.25, 0.3) is 0 Å². The van der Waals surface area contributed by atoms with Crippen molar-refractivity contribution in [3.63, 3.8) is 0 Å². The Morgan fingerprint density at radius 3 is 2.08 bits per heavy atom. The number of aryl methyl sites for hydroxylation is 1. The number of sulfonamides is 1. The van der Waals surface area contributed by atoms with Crippen LogP contribution in [-0.2, 0) is 21.2 Å². The monoisotopic (exact) mass is 363 g/mol. The SMILES string of the molecule is CCc1ccc(S(=O)(=O)NCC2(OC)C3CC4CC(C3)CC2C4)cc1. The summed E-state index contributed by atoms with van der Waals surface area (Å²) in [5.74, 6) is 2.67. The summed E-state index contributed by atoms with van der Waals surface area (Å²) in [6.07, 6.45) is 7.09. The molecule has 4 nitrogen and oxygen atoms in total. The van der Waals surface area contributed by atoms with Crippen molar-refractivity contribution < 1.29 is 13.2 Å². The second-order valence-corrected chi connectivity index (χ2v) is 10.1. The Morgan fingerprint density at radius 1 is 1.04 bits per heavy atom. The van der Waals surface area contributed by atoms with Crippen LogP contribution < -0.4 is 4.72 Å². The summed E-state index contributed by atoms with van der Waals surface area (Å²) in [7, 11) is -1.73. The molecule has 0 aliphatic heterocycles. The van der Waals surface area contributed by atoms with Gasteiger partial charge >= 0.3 is 0 Å². The van der Waals surface area contributed by atoms with E-state index in [-0.39, 0.29) is 5.60 Å². The number of hydrogen-bond acceptors (Lipinski definition) is 3. The predicted octanol–water partition coefficient (Wildman–Crippen LogP) is 3.37. The van der Waals surface area contributed by atoms with Gasteiger partial charge in [0.1, 0.15) is 0 Å². The highest BCUT2D eigenvalue weighted by atomic mass is 32.2. The molecule has 1 N–H and O–H groups in total. The van der Waals surface area contributed by atoms with Gasteiger partial charge in [-0.3, -0.25) is 0 Å². The maximum Gasteiger partial charge on any atom is 0.240 e. The average molecular weight is 364 g/mol. The molecule has 0 radical (unpaired) electrons. The highest BCUT2D eigenvalue weighted by Gasteiger charge is 2.57. The van der Waals surface area contributed by atoms with Gasteiger partial charge in [0.15, 0.2) is 0 Å². The lowest BCUT2D eigenvalue weighted by Crippen LogP contribution is -2.63. The molecule has 0 heterocycles. The van der Waals surface area contributed by atoms with Crippen molar-refractivity contribution in [3.8, 4) is 0 Å². The number of ether oxygens (including phenoxy) is 1. The maximum atomic E-state index is 12.8. The summed E-state index contributed by atoms with van der Waals surface area (Å²) >= 11 is 0. The van der Waals surface area contributed by atoms with Crippen LogP contribution in [0.5, 0.6) is 0 Å². The molecule has 1 aromatic rings. The minimum atomic E-state index is -3.50. The number of nitrogens with one attached hydrogen (secondary N) is 1. The quantitative estimate of drug-likeness (QED) is 0.843. The van der Waals surface area contributed by atoms with Crippen molar-refractivity contribution in [1.82, 2.24) is 4.72 Å². The van der Waals surface area contributed by atoms with Crippen molar-refractivity contribution in [2.24, 2.45) is 23.7 Å². The van der Waals surface area contributed by atoms with Gasteiger partial charge in [0, 0.05) is 13.7 Å². The first-order valence-corrected chi connectivity index (χ1v) is 11.1. The third kappa shape index (κ3) is 2.94. The van der Waals surface area contributed by atoms with Gasteiger partial charge in [-0.05, 0) is 79.9 Å². The van der Waals surface area contributed by atoms with Gasteiger partial charge in [-0.1, -0.05) is 19.1 Å². The smallest absolute Gasteiger partial charge is 0.240 e. The van der Waals surface area contributed by atoms with E-state index in [9.17, 15) is 8.42 Å². The van der Waals surface area contributed by atoms with E-state index in [0.717, 1.165) is 23.8 Å². The lowest BCUT2D eigenvalue weighted by molar-refractivity contribution is -0.185. The molecule has 25 heavy (non-hydrogen) atoms. The Labute approximate surface area is 151 Å². The number of benzene rings is 1. The Kier molecular flexibility index (Phi) is 4.45. The molecule has 4 aliphatic rings. The largest absolute Gasteiger partial charge is 0.376 e. The van der Waals surface area contributed by atoms with Crippen molar-refractivity contribution >= 4 is 10.0 Å². The Balaban J connectivity index is 1.52. The molecule has 0 atom stereocenters. The summed E-state index contributed by atoms with van der Waals surface area (Å²) in [5, 5.41) is 0. The zero-order valence-electron chi connectivity index (χ0n) is 15.2. The fourth-order valence-corrected chi connectivity index (χ4v) is 6.95. The first-order chi connectivity index (χ1) is 12.0. The molecule has 4 fully saturated rings. The van der Waals surface area contributed by atoms with Crippen LogP contribution in [0.15, 0.2) is 29.2 Å². The lowest BCUT2D eigenvalue weighted by atomic mass is 9.50. The van der Waals surface area contributed by atoms with Crippen molar-refractivity contribution in [2.45, 2.75) is 55.9 Å². The Bertz CT molecular complexity index is 698. The van der Waals surface area contributed by atoms with Gasteiger partial charge in [-0.15, -0.1) is 0 Å². The van der Waals surface area contributed by atoms with E-state index < -0.39 is 10.0 Å². The molecule has 0 aromatic heterocycles. The number of rotatable bonds is 6. The van der Waals surface area contributed by atoms with Gasteiger partial charge in [0.05, 0.1) is 10.5 Å². The highest BCUT2D eigenvalue weighted by Crippen LogP contribution is 2.59. The van der Waals surface area contributed by atoms with E-state index in [1.165, 1.54) is 32.1 Å². The van der Waals surface area contributed by atoms with Crippen LogP contribution in [0, 0.1) is 23.7 Å². The molecule has 1 aromatic carbocycles. The normalized spacial score (nSPS) is 36.7. The molecule has 0 spiro atoms. The molecule has 0 saturated heterocycles. The van der Waals surface area contributed by atoms with Crippen LogP contribution in [0.2, 0.25) is 0 Å². The first-order valence-electron chi connectivity index (χ1n) is 9.60. The molecular weight excluding hydrogens is 334 g/mol. The molecular formula is C20H29NO3S. The maximum absolute atomic E-state index is 12.8. The number of methoxy groups -OCH3 is 1. The third-order valence-electron chi connectivity index (χ3n) is 7.08. The van der Waals surface area contributed by atoms with Crippen LogP contribution in [0.3, 0.4) is 0 Å². The third-order valence-corrected chi connectivity index (χ3v) is 8.50. The summed E-state index contributed by atoms with van der Waals surface area (Å²) in [6.45, 7) is 2.46. The summed E-state index contributed by atoms with van der Waals surface area (Å²) in [5.41, 5.74) is 0.831. The Morgan fingerprint density at radius 2 is 1.60 bits per heavy atom. The van der Waals surface area contributed by atoms with Crippen LogP contribution in [0.1, 0.15) is 44.6 Å². The van der Waals surface area contributed by atoms with Crippen LogP contribution in [0.4, 0.5) is 0 Å². The van der Waals surface area contributed by atoms with Crippen molar-refractivity contribution in [1.29, 1.82) is 0 Å². The van der Waals surface area contributed by atoms with E-state index >= 15 is 0 Å². The fraction of sp³-hybridized carbons (Fsp3) is 0.700. The van der Waals surface area contributed by atoms with Crippen LogP contribution in [0.25, 0.3) is 0 Å². The van der Waals surface area contributed by atoms with E-state index in [1.54, 1.807) is 19.2 Å². The first kappa shape index (κ1) is 17.5. The van der Waals surface area contributed by atoms with Crippen LogP contribution in [-0.4, -0.2) is 27.7 Å². The van der Waals surface area contributed by atoms with E-state index in [4.69, 9.17) is 4.74 Å². The van der Waals surface area contributed by atoms with Crippen LogP contribution >= 0.6 is 0 Å². The molecule has 0 amide bonds. The average Bonchev–Trinajstić information content (AvgIpc) is 2.61. The summed E-state index contributed by atoms with van der Waals surface area (Å²) in [6, 6.07) is 7.20. The second kappa shape index (κ2) is 6.36. The molecule has 4 aliphatic carbocycles.